The van der Waals surface area contributed by atoms with Gasteiger partial charge >= 0.3 is 0 Å². The molecule has 0 radical (unpaired) electrons. The highest BCUT2D eigenvalue weighted by Gasteiger charge is 2.07. The Bertz CT molecular complexity index is 488. The van der Waals surface area contributed by atoms with E-state index in [1.165, 1.54) is 12.1 Å². The Morgan fingerprint density at radius 1 is 1.28 bits per heavy atom. The maximum absolute atomic E-state index is 12.9. The molecule has 3 nitrogen and oxygen atoms in total. The SMILES string of the molecule is CC(C)CNCc1cn[nH]c1-c1ccc(F)cc1. The van der Waals surface area contributed by atoms with Crippen molar-refractivity contribution < 1.29 is 4.39 Å². The van der Waals surface area contributed by atoms with Crippen LogP contribution in [0.4, 0.5) is 4.39 Å². The number of nitrogens with zero attached hydrogens (tertiary/aromatic N) is 1. The molecule has 0 spiro atoms. The first kappa shape index (κ1) is 12.8. The number of rotatable bonds is 5. The Hall–Kier alpha value is -1.68. The molecular weight excluding hydrogens is 229 g/mol. The summed E-state index contributed by atoms with van der Waals surface area (Å²) in [6.07, 6.45) is 1.81. The molecule has 4 heteroatoms. The molecular formula is C14H18FN3. The van der Waals surface area contributed by atoms with Crippen molar-refractivity contribution in [3.05, 3.63) is 41.8 Å². The molecule has 1 heterocycles. The van der Waals surface area contributed by atoms with Crippen LogP contribution in [-0.4, -0.2) is 16.7 Å². The molecule has 2 rings (SSSR count). The first-order valence-electron chi connectivity index (χ1n) is 6.15. The third-order valence-electron chi connectivity index (χ3n) is 2.72. The lowest BCUT2D eigenvalue weighted by molar-refractivity contribution is 0.553. The van der Waals surface area contributed by atoms with Crippen molar-refractivity contribution in [1.82, 2.24) is 15.5 Å². The molecule has 0 fully saturated rings. The molecule has 96 valence electrons. The van der Waals surface area contributed by atoms with E-state index in [9.17, 15) is 4.39 Å². The lowest BCUT2D eigenvalue weighted by atomic mass is 10.1. The highest BCUT2D eigenvalue weighted by molar-refractivity contribution is 5.62. The lowest BCUT2D eigenvalue weighted by Gasteiger charge is -2.07. The number of hydrogen-bond donors (Lipinski definition) is 2. The molecule has 2 aromatic rings. The van der Waals surface area contributed by atoms with Gasteiger partial charge in [-0.05, 0) is 36.7 Å². The summed E-state index contributed by atoms with van der Waals surface area (Å²) in [5.74, 6) is 0.393. The predicted octanol–water partition coefficient (Wildman–Crippen LogP) is 2.96. The van der Waals surface area contributed by atoms with Gasteiger partial charge in [0, 0.05) is 17.7 Å². The summed E-state index contributed by atoms with van der Waals surface area (Å²) in [6, 6.07) is 6.44. The van der Waals surface area contributed by atoms with Gasteiger partial charge in [0.25, 0.3) is 0 Å². The number of benzene rings is 1. The van der Waals surface area contributed by atoms with Gasteiger partial charge in [-0.15, -0.1) is 0 Å². The fourth-order valence-electron chi connectivity index (χ4n) is 1.81. The third-order valence-corrected chi connectivity index (χ3v) is 2.72. The zero-order chi connectivity index (χ0) is 13.0. The second kappa shape index (κ2) is 5.78. The van der Waals surface area contributed by atoms with Gasteiger partial charge < -0.3 is 5.32 Å². The number of hydrogen-bond acceptors (Lipinski definition) is 2. The lowest BCUT2D eigenvalue weighted by Crippen LogP contribution is -2.19. The fraction of sp³-hybridized carbons (Fsp3) is 0.357. The van der Waals surface area contributed by atoms with Crippen molar-refractivity contribution in [2.24, 2.45) is 5.92 Å². The zero-order valence-corrected chi connectivity index (χ0v) is 10.7. The highest BCUT2D eigenvalue weighted by Crippen LogP contribution is 2.21. The maximum Gasteiger partial charge on any atom is 0.123 e. The maximum atomic E-state index is 12.9. The van der Waals surface area contributed by atoms with E-state index in [1.807, 2.05) is 6.20 Å². The number of H-pyrrole nitrogens is 1. The van der Waals surface area contributed by atoms with Gasteiger partial charge in [0.05, 0.1) is 11.9 Å². The topological polar surface area (TPSA) is 40.7 Å². The largest absolute Gasteiger partial charge is 0.312 e. The summed E-state index contributed by atoms with van der Waals surface area (Å²) in [6.45, 7) is 6.07. The fourth-order valence-corrected chi connectivity index (χ4v) is 1.81. The number of aromatic amines is 1. The molecule has 2 N–H and O–H groups in total. The quantitative estimate of drug-likeness (QED) is 0.852. The molecule has 18 heavy (non-hydrogen) atoms. The third kappa shape index (κ3) is 3.17. The van der Waals surface area contributed by atoms with Crippen LogP contribution in [0, 0.1) is 11.7 Å². The van der Waals surface area contributed by atoms with E-state index in [1.54, 1.807) is 12.1 Å². The van der Waals surface area contributed by atoms with Crippen LogP contribution in [0.15, 0.2) is 30.5 Å². The molecule has 0 unspecified atom stereocenters. The average molecular weight is 247 g/mol. The Labute approximate surface area is 106 Å². The number of halogens is 1. The molecule has 0 bridgehead atoms. The van der Waals surface area contributed by atoms with Crippen molar-refractivity contribution in [2.45, 2.75) is 20.4 Å². The predicted molar refractivity (Wildman–Crippen MR) is 70.5 cm³/mol. The monoisotopic (exact) mass is 247 g/mol. The van der Waals surface area contributed by atoms with E-state index >= 15 is 0 Å². The van der Waals surface area contributed by atoms with Crippen molar-refractivity contribution >= 4 is 0 Å². The van der Waals surface area contributed by atoms with Gasteiger partial charge in [0.1, 0.15) is 5.82 Å². The molecule has 1 aromatic carbocycles. The van der Waals surface area contributed by atoms with Crippen molar-refractivity contribution in [3.63, 3.8) is 0 Å². The standard InChI is InChI=1S/C14H18FN3/c1-10(2)7-16-8-12-9-17-18-14(12)11-3-5-13(15)6-4-11/h3-6,9-10,16H,7-8H2,1-2H3,(H,17,18). The molecule has 0 aliphatic carbocycles. The average Bonchev–Trinajstić information content (AvgIpc) is 2.78. The Kier molecular flexibility index (Phi) is 4.10. The number of aromatic nitrogens is 2. The Morgan fingerprint density at radius 3 is 2.67 bits per heavy atom. The smallest absolute Gasteiger partial charge is 0.123 e. The van der Waals surface area contributed by atoms with Crippen molar-refractivity contribution in [2.75, 3.05) is 6.54 Å². The minimum absolute atomic E-state index is 0.224. The minimum Gasteiger partial charge on any atom is -0.312 e. The second-order valence-corrected chi connectivity index (χ2v) is 4.80. The van der Waals surface area contributed by atoms with Crippen molar-refractivity contribution in [3.8, 4) is 11.3 Å². The highest BCUT2D eigenvalue weighted by atomic mass is 19.1. The minimum atomic E-state index is -0.224. The first-order valence-corrected chi connectivity index (χ1v) is 6.15. The summed E-state index contributed by atoms with van der Waals surface area (Å²) in [5, 5.41) is 10.4. The van der Waals surface area contributed by atoms with E-state index in [0.29, 0.717) is 5.92 Å². The van der Waals surface area contributed by atoms with Gasteiger partial charge in [-0.2, -0.15) is 5.10 Å². The molecule has 0 atom stereocenters. The second-order valence-electron chi connectivity index (χ2n) is 4.80. The summed E-state index contributed by atoms with van der Waals surface area (Å²) in [4.78, 5) is 0. The molecule has 0 amide bonds. The molecule has 1 aromatic heterocycles. The summed E-state index contributed by atoms with van der Waals surface area (Å²) >= 11 is 0. The first-order chi connectivity index (χ1) is 8.66. The van der Waals surface area contributed by atoms with Gasteiger partial charge in [-0.1, -0.05) is 13.8 Å². The van der Waals surface area contributed by atoms with Crippen LogP contribution >= 0.6 is 0 Å². The van der Waals surface area contributed by atoms with E-state index in [-0.39, 0.29) is 5.82 Å². The van der Waals surface area contributed by atoms with Crippen LogP contribution in [0.2, 0.25) is 0 Å². The van der Waals surface area contributed by atoms with Gasteiger partial charge in [-0.3, -0.25) is 5.10 Å². The van der Waals surface area contributed by atoms with Crippen molar-refractivity contribution in [1.29, 1.82) is 0 Å². The molecule has 0 aliphatic rings. The van der Waals surface area contributed by atoms with Crippen LogP contribution in [-0.2, 0) is 6.54 Å². The summed E-state index contributed by atoms with van der Waals surface area (Å²) < 4.78 is 12.9. The van der Waals surface area contributed by atoms with E-state index < -0.39 is 0 Å². The summed E-state index contributed by atoms with van der Waals surface area (Å²) in [7, 11) is 0. The zero-order valence-electron chi connectivity index (χ0n) is 10.7. The van der Waals surface area contributed by atoms with Gasteiger partial charge in [-0.25, -0.2) is 4.39 Å². The van der Waals surface area contributed by atoms with E-state index in [4.69, 9.17) is 0 Å². The van der Waals surface area contributed by atoms with Crippen LogP contribution < -0.4 is 5.32 Å². The normalized spacial score (nSPS) is 11.1. The van der Waals surface area contributed by atoms with E-state index in [0.717, 1.165) is 29.9 Å². The van der Waals surface area contributed by atoms with Crippen LogP contribution in [0.25, 0.3) is 11.3 Å². The van der Waals surface area contributed by atoms with Crippen LogP contribution in [0.5, 0.6) is 0 Å². The number of nitrogens with one attached hydrogen (secondary N) is 2. The van der Waals surface area contributed by atoms with E-state index in [2.05, 4.69) is 29.4 Å². The van der Waals surface area contributed by atoms with Crippen LogP contribution in [0.3, 0.4) is 0 Å². The van der Waals surface area contributed by atoms with Gasteiger partial charge in [0.2, 0.25) is 0 Å². The molecule has 0 saturated carbocycles. The molecule has 0 aliphatic heterocycles. The molecule has 0 saturated heterocycles. The Balaban J connectivity index is 2.10. The van der Waals surface area contributed by atoms with Gasteiger partial charge in [0.15, 0.2) is 0 Å². The Morgan fingerprint density at radius 2 is 2.00 bits per heavy atom. The summed E-state index contributed by atoms with van der Waals surface area (Å²) in [5.41, 5.74) is 3.00. The van der Waals surface area contributed by atoms with Crippen LogP contribution in [0.1, 0.15) is 19.4 Å².